The molecule has 9 heteroatoms. The molecule has 0 bridgehead atoms. The summed E-state index contributed by atoms with van der Waals surface area (Å²) in [5, 5.41) is 12.4. The van der Waals surface area contributed by atoms with Gasteiger partial charge in [0, 0.05) is 24.5 Å². The molecular formula is C21H22FN5O3. The van der Waals surface area contributed by atoms with Crippen LogP contribution in [0.25, 0.3) is 16.6 Å². The van der Waals surface area contributed by atoms with Crippen molar-refractivity contribution < 1.29 is 13.9 Å². The summed E-state index contributed by atoms with van der Waals surface area (Å²) in [6, 6.07) is 5.78. The quantitative estimate of drug-likeness (QED) is 0.669. The second kappa shape index (κ2) is 7.64. The van der Waals surface area contributed by atoms with Crippen LogP contribution in [0.3, 0.4) is 0 Å². The van der Waals surface area contributed by atoms with Crippen LogP contribution in [0.4, 0.5) is 4.39 Å². The smallest absolute Gasteiger partial charge is 0.293 e. The van der Waals surface area contributed by atoms with Crippen LogP contribution in [0.1, 0.15) is 37.3 Å². The molecule has 1 aromatic carbocycles. The van der Waals surface area contributed by atoms with E-state index in [1.165, 1.54) is 21.5 Å². The third kappa shape index (κ3) is 3.60. The molecule has 2 aliphatic rings. The first-order chi connectivity index (χ1) is 14.6. The minimum absolute atomic E-state index is 0.0306. The molecule has 8 nitrogen and oxygen atoms in total. The highest BCUT2D eigenvalue weighted by Crippen LogP contribution is 2.41. The molecule has 156 valence electrons. The fraction of sp³-hybridized carbons (Fsp3) is 0.429. The van der Waals surface area contributed by atoms with E-state index in [-0.39, 0.29) is 30.3 Å². The van der Waals surface area contributed by atoms with E-state index in [0.29, 0.717) is 23.1 Å². The van der Waals surface area contributed by atoms with Gasteiger partial charge in [0.25, 0.3) is 5.56 Å². The minimum atomic E-state index is -0.400. The molecule has 3 aromatic rings. The lowest BCUT2D eigenvalue weighted by atomic mass is 10.2. The van der Waals surface area contributed by atoms with Gasteiger partial charge in [0.1, 0.15) is 17.9 Å². The van der Waals surface area contributed by atoms with E-state index in [0.717, 1.165) is 38.0 Å². The van der Waals surface area contributed by atoms with Crippen LogP contribution >= 0.6 is 0 Å². The number of aromatic nitrogens is 4. The number of carbonyl (C=O) groups is 1. The first-order valence-corrected chi connectivity index (χ1v) is 10.2. The van der Waals surface area contributed by atoms with Crippen molar-refractivity contribution in [2.45, 2.75) is 44.2 Å². The molecule has 0 radical (unpaired) electrons. The van der Waals surface area contributed by atoms with Gasteiger partial charge < -0.3 is 10.1 Å². The van der Waals surface area contributed by atoms with Crippen LogP contribution in [0, 0.1) is 5.82 Å². The molecule has 1 N–H and O–H groups in total. The van der Waals surface area contributed by atoms with E-state index in [1.807, 2.05) is 0 Å². The summed E-state index contributed by atoms with van der Waals surface area (Å²) in [7, 11) is 0. The van der Waals surface area contributed by atoms with Crippen LogP contribution in [0.15, 0.2) is 35.3 Å². The van der Waals surface area contributed by atoms with Crippen molar-refractivity contribution in [1.29, 1.82) is 0 Å². The highest BCUT2D eigenvalue weighted by Gasteiger charge is 2.30. The van der Waals surface area contributed by atoms with E-state index < -0.39 is 5.56 Å². The predicted molar refractivity (Wildman–Crippen MR) is 107 cm³/mol. The Morgan fingerprint density at radius 1 is 1.23 bits per heavy atom. The summed E-state index contributed by atoms with van der Waals surface area (Å²) >= 11 is 0. The van der Waals surface area contributed by atoms with Gasteiger partial charge in [-0.3, -0.25) is 9.59 Å². The van der Waals surface area contributed by atoms with Crippen LogP contribution in [-0.2, 0) is 16.1 Å². The predicted octanol–water partition coefficient (Wildman–Crippen LogP) is 1.89. The lowest BCUT2D eigenvalue weighted by Crippen LogP contribution is -2.38. The lowest BCUT2D eigenvalue weighted by molar-refractivity contribution is -0.122. The van der Waals surface area contributed by atoms with Gasteiger partial charge in [-0.1, -0.05) is 0 Å². The summed E-state index contributed by atoms with van der Waals surface area (Å²) in [6.45, 7) is 0.977. The Hall–Kier alpha value is -3.07. The Labute approximate surface area is 171 Å². The molecule has 1 aliphatic heterocycles. The number of halogens is 1. The van der Waals surface area contributed by atoms with E-state index in [4.69, 9.17) is 4.74 Å². The largest absolute Gasteiger partial charge is 0.376 e. The zero-order valence-corrected chi connectivity index (χ0v) is 16.4. The zero-order chi connectivity index (χ0) is 20.7. The van der Waals surface area contributed by atoms with Crippen molar-refractivity contribution in [3.8, 4) is 5.69 Å². The fourth-order valence-corrected chi connectivity index (χ4v) is 3.86. The van der Waals surface area contributed by atoms with E-state index >= 15 is 0 Å². The Kier molecular flexibility index (Phi) is 4.82. The summed E-state index contributed by atoms with van der Waals surface area (Å²) < 4.78 is 21.6. The van der Waals surface area contributed by atoms with Crippen LogP contribution in [-0.4, -0.2) is 44.7 Å². The number of carbonyl (C=O) groups excluding carboxylic acids is 1. The molecule has 1 saturated carbocycles. The van der Waals surface area contributed by atoms with E-state index in [1.54, 1.807) is 18.3 Å². The SMILES string of the molecule is O=C(Cn1nc(C2CC2)c2cnn(-c3ccc(F)cc3)c2c1=O)NC[C@@H]1CCCO1. The maximum atomic E-state index is 13.3. The topological polar surface area (TPSA) is 91.0 Å². The van der Waals surface area contributed by atoms with Gasteiger partial charge in [-0.25, -0.2) is 13.8 Å². The number of ether oxygens (including phenoxy) is 1. The lowest BCUT2D eigenvalue weighted by Gasteiger charge is -2.12. The molecule has 1 amide bonds. The Bertz CT molecular complexity index is 1140. The van der Waals surface area contributed by atoms with Crippen molar-refractivity contribution >= 4 is 16.8 Å². The number of benzene rings is 1. The molecule has 1 atom stereocenters. The van der Waals surface area contributed by atoms with Gasteiger partial charge in [-0.15, -0.1) is 0 Å². The third-order valence-corrected chi connectivity index (χ3v) is 5.59. The van der Waals surface area contributed by atoms with Crippen LogP contribution < -0.4 is 10.9 Å². The van der Waals surface area contributed by atoms with E-state index in [2.05, 4.69) is 15.5 Å². The average Bonchev–Trinajstić information content (AvgIpc) is 3.26. The number of nitrogens with zero attached hydrogens (tertiary/aromatic N) is 4. The Morgan fingerprint density at radius 3 is 2.73 bits per heavy atom. The second-order valence-electron chi connectivity index (χ2n) is 7.86. The number of fused-ring (bicyclic) bond motifs is 1. The fourth-order valence-electron chi connectivity index (χ4n) is 3.86. The number of rotatable bonds is 6. The summed E-state index contributed by atoms with van der Waals surface area (Å²) in [5.74, 6) is -0.384. The number of nitrogens with one attached hydrogen (secondary N) is 1. The Balaban J connectivity index is 1.49. The minimum Gasteiger partial charge on any atom is -0.376 e. The normalized spacial score (nSPS) is 18.8. The average molecular weight is 411 g/mol. The molecule has 2 aromatic heterocycles. The molecule has 30 heavy (non-hydrogen) atoms. The van der Waals surface area contributed by atoms with Gasteiger partial charge >= 0.3 is 0 Å². The van der Waals surface area contributed by atoms with Crippen LogP contribution in [0.2, 0.25) is 0 Å². The van der Waals surface area contributed by atoms with Crippen molar-refractivity contribution in [3.05, 3.63) is 52.3 Å². The first-order valence-electron chi connectivity index (χ1n) is 10.2. The summed E-state index contributed by atoms with van der Waals surface area (Å²) in [6.07, 6.45) is 5.56. The molecule has 3 heterocycles. The maximum Gasteiger partial charge on any atom is 0.293 e. The first kappa shape index (κ1) is 18.9. The van der Waals surface area contributed by atoms with Gasteiger partial charge in [0.2, 0.25) is 5.91 Å². The number of hydrogen-bond acceptors (Lipinski definition) is 5. The second-order valence-corrected chi connectivity index (χ2v) is 7.86. The molecular weight excluding hydrogens is 389 g/mol. The van der Waals surface area contributed by atoms with Gasteiger partial charge in [0.05, 0.1) is 23.7 Å². The molecule has 1 saturated heterocycles. The maximum absolute atomic E-state index is 13.3. The molecule has 2 fully saturated rings. The summed E-state index contributed by atoms with van der Waals surface area (Å²) in [4.78, 5) is 25.7. The number of amides is 1. The molecule has 0 unspecified atom stereocenters. The molecule has 5 rings (SSSR count). The zero-order valence-electron chi connectivity index (χ0n) is 16.4. The monoisotopic (exact) mass is 411 g/mol. The van der Waals surface area contributed by atoms with Crippen molar-refractivity contribution in [2.75, 3.05) is 13.2 Å². The molecule has 0 spiro atoms. The highest BCUT2D eigenvalue weighted by molar-refractivity contribution is 5.83. The van der Waals surface area contributed by atoms with E-state index in [9.17, 15) is 14.0 Å². The van der Waals surface area contributed by atoms with Crippen molar-refractivity contribution in [1.82, 2.24) is 24.9 Å². The molecule has 1 aliphatic carbocycles. The Morgan fingerprint density at radius 2 is 2.03 bits per heavy atom. The van der Waals surface area contributed by atoms with Crippen LogP contribution in [0.5, 0.6) is 0 Å². The van der Waals surface area contributed by atoms with Crippen molar-refractivity contribution in [3.63, 3.8) is 0 Å². The van der Waals surface area contributed by atoms with Gasteiger partial charge in [-0.05, 0) is 49.9 Å². The van der Waals surface area contributed by atoms with Gasteiger partial charge in [0.15, 0.2) is 0 Å². The third-order valence-electron chi connectivity index (χ3n) is 5.59. The van der Waals surface area contributed by atoms with Crippen molar-refractivity contribution in [2.24, 2.45) is 0 Å². The standard InChI is InChI=1S/C21H22FN5O3/c22-14-5-7-15(8-6-14)27-20-17(11-24-27)19(13-3-4-13)25-26(21(20)29)12-18(28)23-10-16-2-1-9-30-16/h5-8,11,13,16H,1-4,9-10,12H2,(H,23,28)/t16-/m0/s1. The number of hydrogen-bond donors (Lipinski definition) is 1. The highest BCUT2D eigenvalue weighted by atomic mass is 19.1. The summed E-state index contributed by atoms with van der Waals surface area (Å²) in [5.41, 5.74) is 1.31. The van der Waals surface area contributed by atoms with Gasteiger partial charge in [-0.2, -0.15) is 10.2 Å².